The molecule has 0 aliphatic carbocycles. The molecule has 0 atom stereocenters. The van der Waals surface area contributed by atoms with E-state index in [1.54, 1.807) is 12.4 Å². The number of benzene rings is 2. The summed E-state index contributed by atoms with van der Waals surface area (Å²) in [7, 11) is 0. The summed E-state index contributed by atoms with van der Waals surface area (Å²) in [6, 6.07) is 13.2. The molecule has 5 heteroatoms. The van der Waals surface area contributed by atoms with E-state index in [4.69, 9.17) is 0 Å². The third kappa shape index (κ3) is 1.87. The normalized spacial score (nSPS) is 12.7. The van der Waals surface area contributed by atoms with Crippen molar-refractivity contribution in [3.63, 3.8) is 0 Å². The van der Waals surface area contributed by atoms with Gasteiger partial charge in [-0.25, -0.2) is 9.78 Å². The first kappa shape index (κ1) is 11.7. The number of urea groups is 1. The van der Waals surface area contributed by atoms with Gasteiger partial charge in [-0.15, -0.1) is 0 Å². The minimum absolute atomic E-state index is 0.469. The number of nitrogens with one attached hydrogen (secondary N) is 1. The molecule has 2 amide bonds. The van der Waals surface area contributed by atoms with Crippen LogP contribution in [0.2, 0.25) is 0 Å². The van der Waals surface area contributed by atoms with Crippen molar-refractivity contribution in [2.24, 2.45) is 9.98 Å². The molecule has 0 spiro atoms. The van der Waals surface area contributed by atoms with Crippen LogP contribution in [-0.2, 0) is 0 Å². The Morgan fingerprint density at radius 1 is 0.952 bits per heavy atom. The molecule has 2 heterocycles. The van der Waals surface area contributed by atoms with E-state index < -0.39 is 6.03 Å². The van der Waals surface area contributed by atoms with Crippen LogP contribution in [0.3, 0.4) is 0 Å². The molecular formula is C16H10N4O. The molecule has 0 saturated carbocycles. The quantitative estimate of drug-likeness (QED) is 0.777. The van der Waals surface area contributed by atoms with Gasteiger partial charge in [-0.1, -0.05) is 36.4 Å². The molecule has 3 aromatic rings. The number of nitrogens with zero attached hydrogens (tertiary/aromatic N) is 3. The van der Waals surface area contributed by atoms with Crippen molar-refractivity contribution in [2.45, 2.75) is 0 Å². The molecule has 0 unspecified atom stereocenters. The predicted octanol–water partition coefficient (Wildman–Crippen LogP) is 2.12. The van der Waals surface area contributed by atoms with E-state index in [0.717, 1.165) is 16.7 Å². The highest BCUT2D eigenvalue weighted by molar-refractivity contribution is 5.84. The smallest absolute Gasteiger partial charge is 0.345 e. The van der Waals surface area contributed by atoms with E-state index in [1.807, 2.05) is 42.5 Å². The standard InChI is InChI=1S/C16H10N4O/c21-16-19-12-7-6-11(10-4-2-1-3-5-10)13(14(12)20-16)15-17-8-9-18-15/h1-9H,(H,17,18). The number of rotatable bonds is 2. The first-order valence-electron chi connectivity index (χ1n) is 6.52. The maximum absolute atomic E-state index is 11.5. The van der Waals surface area contributed by atoms with Crippen molar-refractivity contribution >= 4 is 6.03 Å². The molecular weight excluding hydrogens is 264 g/mol. The van der Waals surface area contributed by atoms with Gasteiger partial charge in [0.1, 0.15) is 11.2 Å². The number of fused-ring (bicyclic) bond motifs is 1. The minimum atomic E-state index is -0.469. The van der Waals surface area contributed by atoms with Crippen LogP contribution in [0, 0.1) is 0 Å². The minimum Gasteiger partial charge on any atom is -0.345 e. The average molecular weight is 274 g/mol. The molecule has 0 fully saturated rings. The molecule has 1 aromatic heterocycles. The van der Waals surface area contributed by atoms with Crippen LogP contribution in [-0.4, -0.2) is 16.0 Å². The SMILES string of the molecule is O=C1N=c2ccc(-c3ccccc3)c(-c3ncc[nH]3)c2=N1. The Morgan fingerprint density at radius 2 is 1.81 bits per heavy atom. The first-order chi connectivity index (χ1) is 10.3. The number of aromatic amines is 1. The zero-order valence-electron chi connectivity index (χ0n) is 10.9. The molecule has 2 aromatic carbocycles. The first-order valence-corrected chi connectivity index (χ1v) is 6.52. The fourth-order valence-corrected chi connectivity index (χ4v) is 2.51. The predicted molar refractivity (Wildman–Crippen MR) is 77.2 cm³/mol. The molecule has 0 saturated heterocycles. The van der Waals surface area contributed by atoms with E-state index in [2.05, 4.69) is 20.0 Å². The van der Waals surface area contributed by atoms with Gasteiger partial charge in [0.15, 0.2) is 0 Å². The number of imidazole rings is 1. The second-order valence-electron chi connectivity index (χ2n) is 4.67. The van der Waals surface area contributed by atoms with Gasteiger partial charge in [-0.2, -0.15) is 9.98 Å². The lowest BCUT2D eigenvalue weighted by Gasteiger charge is -2.07. The summed E-state index contributed by atoms with van der Waals surface area (Å²) in [5.41, 5.74) is 2.82. The van der Waals surface area contributed by atoms with Crippen LogP contribution >= 0.6 is 0 Å². The van der Waals surface area contributed by atoms with Crippen LogP contribution < -0.4 is 10.7 Å². The van der Waals surface area contributed by atoms with Gasteiger partial charge < -0.3 is 4.98 Å². The second-order valence-corrected chi connectivity index (χ2v) is 4.67. The average Bonchev–Trinajstić information content (AvgIpc) is 3.15. The number of H-pyrrole nitrogens is 1. The number of hydrogen-bond donors (Lipinski definition) is 1. The molecule has 1 aliphatic rings. The molecule has 100 valence electrons. The van der Waals surface area contributed by atoms with E-state index in [0.29, 0.717) is 16.5 Å². The van der Waals surface area contributed by atoms with Gasteiger partial charge in [0.2, 0.25) is 0 Å². The van der Waals surface area contributed by atoms with Crippen LogP contribution in [0.25, 0.3) is 22.5 Å². The zero-order chi connectivity index (χ0) is 14.2. The third-order valence-corrected chi connectivity index (χ3v) is 3.40. The van der Waals surface area contributed by atoms with Gasteiger partial charge in [-0.3, -0.25) is 0 Å². The third-order valence-electron chi connectivity index (χ3n) is 3.40. The Labute approximate surface area is 119 Å². The Balaban J connectivity index is 2.11. The summed E-state index contributed by atoms with van der Waals surface area (Å²) in [6.07, 6.45) is 3.43. The molecule has 4 rings (SSSR count). The molecule has 5 nitrogen and oxygen atoms in total. The number of carbonyl (C=O) groups is 1. The van der Waals surface area contributed by atoms with Crippen molar-refractivity contribution < 1.29 is 4.79 Å². The highest BCUT2D eigenvalue weighted by Gasteiger charge is 2.17. The lowest BCUT2D eigenvalue weighted by Crippen LogP contribution is -2.25. The number of amides is 2. The lowest BCUT2D eigenvalue weighted by atomic mass is 9.98. The summed E-state index contributed by atoms with van der Waals surface area (Å²) >= 11 is 0. The largest absolute Gasteiger partial charge is 0.368 e. The maximum atomic E-state index is 11.5. The Bertz CT molecular complexity index is 944. The van der Waals surface area contributed by atoms with Crippen molar-refractivity contribution in [3.8, 4) is 22.5 Å². The zero-order valence-corrected chi connectivity index (χ0v) is 10.9. The van der Waals surface area contributed by atoms with Crippen molar-refractivity contribution in [1.82, 2.24) is 9.97 Å². The van der Waals surface area contributed by atoms with Gasteiger partial charge in [-0.05, 0) is 17.2 Å². The summed E-state index contributed by atoms with van der Waals surface area (Å²) < 4.78 is 0. The van der Waals surface area contributed by atoms with Gasteiger partial charge >= 0.3 is 6.03 Å². The van der Waals surface area contributed by atoms with Crippen molar-refractivity contribution in [3.05, 3.63) is 65.6 Å². The Morgan fingerprint density at radius 3 is 2.57 bits per heavy atom. The van der Waals surface area contributed by atoms with Crippen molar-refractivity contribution in [2.75, 3.05) is 0 Å². The summed E-state index contributed by atoms with van der Waals surface area (Å²) in [4.78, 5) is 26.8. The fraction of sp³-hybridized carbons (Fsp3) is 0. The summed E-state index contributed by atoms with van der Waals surface area (Å²) in [5.74, 6) is 0.680. The monoisotopic (exact) mass is 274 g/mol. The summed E-state index contributed by atoms with van der Waals surface area (Å²) in [6.45, 7) is 0. The lowest BCUT2D eigenvalue weighted by molar-refractivity contribution is 0.256. The Kier molecular flexibility index (Phi) is 2.50. The van der Waals surface area contributed by atoms with Crippen LogP contribution in [0.15, 0.2) is 64.8 Å². The Hall–Kier alpha value is -3.08. The molecule has 0 radical (unpaired) electrons. The number of hydrogen-bond acceptors (Lipinski definition) is 2. The highest BCUT2D eigenvalue weighted by Crippen LogP contribution is 2.26. The molecule has 21 heavy (non-hydrogen) atoms. The maximum Gasteiger partial charge on any atom is 0.368 e. The number of carbonyl (C=O) groups excluding carboxylic acids is 1. The highest BCUT2D eigenvalue weighted by atomic mass is 16.2. The van der Waals surface area contributed by atoms with Gasteiger partial charge in [0.05, 0.1) is 10.9 Å². The van der Waals surface area contributed by atoms with Gasteiger partial charge in [0, 0.05) is 12.4 Å². The molecule has 0 bridgehead atoms. The van der Waals surface area contributed by atoms with Crippen molar-refractivity contribution in [1.29, 1.82) is 0 Å². The van der Waals surface area contributed by atoms with E-state index in [1.165, 1.54) is 0 Å². The van der Waals surface area contributed by atoms with E-state index >= 15 is 0 Å². The van der Waals surface area contributed by atoms with Crippen LogP contribution in [0.5, 0.6) is 0 Å². The van der Waals surface area contributed by atoms with Crippen LogP contribution in [0.1, 0.15) is 0 Å². The summed E-state index contributed by atoms with van der Waals surface area (Å²) in [5, 5.41) is 1.17. The molecule has 1 N–H and O–H groups in total. The second kappa shape index (κ2) is 4.49. The van der Waals surface area contributed by atoms with E-state index in [9.17, 15) is 4.79 Å². The fourth-order valence-electron chi connectivity index (χ4n) is 2.51. The van der Waals surface area contributed by atoms with Crippen LogP contribution in [0.4, 0.5) is 4.79 Å². The molecule has 1 aliphatic heterocycles. The van der Waals surface area contributed by atoms with Gasteiger partial charge in [0.25, 0.3) is 0 Å². The topological polar surface area (TPSA) is 70.5 Å². The number of aromatic nitrogens is 2. The van der Waals surface area contributed by atoms with E-state index in [-0.39, 0.29) is 0 Å².